The summed E-state index contributed by atoms with van der Waals surface area (Å²) >= 11 is 0. The van der Waals surface area contributed by atoms with E-state index in [0.717, 1.165) is 25.7 Å². The Balaban J connectivity index is 2.06. The lowest BCUT2D eigenvalue weighted by Gasteiger charge is -2.17. The van der Waals surface area contributed by atoms with Crippen LogP contribution in [0, 0.1) is 5.92 Å². The molecule has 0 spiro atoms. The Kier molecular flexibility index (Phi) is 1.32. The van der Waals surface area contributed by atoms with Crippen LogP contribution in [0.1, 0.15) is 32.1 Å². The summed E-state index contributed by atoms with van der Waals surface area (Å²) in [6, 6.07) is 0. The van der Waals surface area contributed by atoms with E-state index < -0.39 is 11.5 Å². The zero-order valence-electron chi connectivity index (χ0n) is 6.45. The highest BCUT2D eigenvalue weighted by atomic mass is 19.3. The van der Waals surface area contributed by atoms with E-state index in [0.29, 0.717) is 0 Å². The van der Waals surface area contributed by atoms with Gasteiger partial charge in [0.15, 0.2) is 0 Å². The van der Waals surface area contributed by atoms with Crippen LogP contribution < -0.4 is 5.73 Å². The van der Waals surface area contributed by atoms with Crippen molar-refractivity contribution in [1.82, 2.24) is 0 Å². The van der Waals surface area contributed by atoms with Crippen molar-refractivity contribution in [1.29, 1.82) is 0 Å². The molecule has 0 radical (unpaired) electrons. The molecule has 2 saturated carbocycles. The van der Waals surface area contributed by atoms with Crippen LogP contribution in [0.2, 0.25) is 0 Å². The van der Waals surface area contributed by atoms with Crippen molar-refractivity contribution in [3.63, 3.8) is 0 Å². The van der Waals surface area contributed by atoms with Crippen molar-refractivity contribution in [3.8, 4) is 0 Å². The molecule has 1 unspecified atom stereocenters. The molecular formula is C8H13F2N. The third kappa shape index (κ3) is 0.901. The second-order valence-corrected chi connectivity index (χ2v) is 3.90. The first-order valence-electron chi connectivity index (χ1n) is 4.23. The topological polar surface area (TPSA) is 26.0 Å². The van der Waals surface area contributed by atoms with Crippen LogP contribution >= 0.6 is 0 Å². The van der Waals surface area contributed by atoms with Crippen molar-refractivity contribution in [2.45, 2.75) is 43.6 Å². The molecule has 2 rings (SSSR count). The van der Waals surface area contributed by atoms with Gasteiger partial charge in [0.1, 0.15) is 0 Å². The molecule has 0 amide bonds. The van der Waals surface area contributed by atoms with E-state index in [2.05, 4.69) is 0 Å². The minimum absolute atomic E-state index is 0.0787. The molecule has 11 heavy (non-hydrogen) atoms. The summed E-state index contributed by atoms with van der Waals surface area (Å²) in [6.07, 6.45) is 3.90. The molecule has 1 atom stereocenters. The number of halogens is 2. The maximum absolute atomic E-state index is 12.7. The van der Waals surface area contributed by atoms with Gasteiger partial charge < -0.3 is 5.73 Å². The minimum atomic E-state index is -2.55. The Morgan fingerprint density at radius 3 is 2.00 bits per heavy atom. The molecule has 0 aliphatic heterocycles. The van der Waals surface area contributed by atoms with E-state index in [1.54, 1.807) is 0 Å². The maximum atomic E-state index is 12.7. The monoisotopic (exact) mass is 161 g/mol. The van der Waals surface area contributed by atoms with Crippen molar-refractivity contribution >= 4 is 0 Å². The van der Waals surface area contributed by atoms with E-state index in [1.807, 2.05) is 0 Å². The van der Waals surface area contributed by atoms with Gasteiger partial charge in [-0.25, -0.2) is 8.78 Å². The summed E-state index contributed by atoms with van der Waals surface area (Å²) in [5, 5.41) is 0. The van der Waals surface area contributed by atoms with Crippen LogP contribution in [0.5, 0.6) is 0 Å². The summed E-state index contributed by atoms with van der Waals surface area (Å²) in [6.45, 7) is 0. The fraction of sp³-hybridized carbons (Fsp3) is 1.00. The Morgan fingerprint density at radius 1 is 1.18 bits per heavy atom. The fourth-order valence-electron chi connectivity index (χ4n) is 2.21. The Hall–Kier alpha value is -0.180. The molecule has 0 saturated heterocycles. The molecule has 2 N–H and O–H groups in total. The first kappa shape index (κ1) is 7.47. The molecule has 1 nitrogen and oxygen atoms in total. The molecule has 0 aromatic rings. The quantitative estimate of drug-likeness (QED) is 0.624. The second kappa shape index (κ2) is 1.94. The molecule has 0 aromatic carbocycles. The van der Waals surface area contributed by atoms with Gasteiger partial charge in [-0.1, -0.05) is 12.8 Å². The molecule has 0 aromatic heterocycles. The van der Waals surface area contributed by atoms with Gasteiger partial charge in [0.05, 0.1) is 5.54 Å². The first-order valence-corrected chi connectivity index (χ1v) is 4.23. The maximum Gasteiger partial charge on any atom is 0.268 e. The van der Waals surface area contributed by atoms with E-state index in [-0.39, 0.29) is 12.3 Å². The van der Waals surface area contributed by atoms with Gasteiger partial charge in [0.25, 0.3) is 5.92 Å². The van der Waals surface area contributed by atoms with Crippen molar-refractivity contribution in [2.24, 2.45) is 11.7 Å². The molecule has 0 bridgehead atoms. The summed E-state index contributed by atoms with van der Waals surface area (Å²) in [7, 11) is 0. The van der Waals surface area contributed by atoms with E-state index in [4.69, 9.17) is 5.73 Å². The van der Waals surface area contributed by atoms with Gasteiger partial charge in [-0.2, -0.15) is 0 Å². The summed E-state index contributed by atoms with van der Waals surface area (Å²) < 4.78 is 25.4. The van der Waals surface area contributed by atoms with Gasteiger partial charge in [-0.05, 0) is 18.8 Å². The lowest BCUT2D eigenvalue weighted by molar-refractivity contribution is 0.0730. The third-order valence-corrected chi connectivity index (χ3v) is 3.15. The van der Waals surface area contributed by atoms with Crippen LogP contribution in [-0.2, 0) is 0 Å². The largest absolute Gasteiger partial charge is 0.320 e. The van der Waals surface area contributed by atoms with Crippen molar-refractivity contribution in [2.75, 3.05) is 0 Å². The number of rotatable bonds is 1. The highest BCUT2D eigenvalue weighted by Gasteiger charge is 2.71. The predicted molar refractivity (Wildman–Crippen MR) is 38.4 cm³/mol. The van der Waals surface area contributed by atoms with E-state index in [1.165, 1.54) is 0 Å². The van der Waals surface area contributed by atoms with Crippen LogP contribution in [0.3, 0.4) is 0 Å². The molecule has 2 aliphatic rings. The van der Waals surface area contributed by atoms with Crippen molar-refractivity contribution < 1.29 is 8.78 Å². The smallest absolute Gasteiger partial charge is 0.268 e. The van der Waals surface area contributed by atoms with Crippen molar-refractivity contribution in [3.05, 3.63) is 0 Å². The summed E-state index contributed by atoms with van der Waals surface area (Å²) in [5.74, 6) is -2.46. The molecule has 3 heteroatoms. The summed E-state index contributed by atoms with van der Waals surface area (Å²) in [5.41, 5.74) is 4.47. The molecule has 2 aliphatic carbocycles. The second-order valence-electron chi connectivity index (χ2n) is 3.90. The highest BCUT2D eigenvalue weighted by Crippen LogP contribution is 2.58. The molecular weight excluding hydrogens is 148 g/mol. The Labute approximate surface area is 65.0 Å². The van der Waals surface area contributed by atoms with Gasteiger partial charge in [0, 0.05) is 6.42 Å². The molecule has 64 valence electrons. The molecule has 0 heterocycles. The van der Waals surface area contributed by atoms with Crippen LogP contribution in [0.4, 0.5) is 8.78 Å². The van der Waals surface area contributed by atoms with E-state index in [9.17, 15) is 8.78 Å². The number of alkyl halides is 2. The molecule has 2 fully saturated rings. The Morgan fingerprint density at radius 2 is 1.64 bits per heavy atom. The van der Waals surface area contributed by atoms with Gasteiger partial charge in [0.2, 0.25) is 0 Å². The third-order valence-electron chi connectivity index (χ3n) is 3.15. The predicted octanol–water partition coefficient (Wildman–Crippen LogP) is 1.91. The zero-order chi connectivity index (χ0) is 8.11. The summed E-state index contributed by atoms with van der Waals surface area (Å²) in [4.78, 5) is 0. The van der Waals surface area contributed by atoms with Crippen LogP contribution in [0.15, 0.2) is 0 Å². The standard InChI is InChI=1S/C8H13F2N/c9-8(10)5-7(8,11)6-3-1-2-4-6/h6H,1-5,11H2. The van der Waals surface area contributed by atoms with Crippen LogP contribution in [0.25, 0.3) is 0 Å². The number of hydrogen-bond donors (Lipinski definition) is 1. The SMILES string of the molecule is NC1(C2CCCC2)CC1(F)F. The zero-order valence-corrected chi connectivity index (χ0v) is 6.45. The number of nitrogens with two attached hydrogens (primary N) is 1. The average Bonchev–Trinajstić information content (AvgIpc) is 2.36. The highest BCUT2D eigenvalue weighted by molar-refractivity contribution is 5.19. The minimum Gasteiger partial charge on any atom is -0.320 e. The van der Waals surface area contributed by atoms with E-state index >= 15 is 0 Å². The van der Waals surface area contributed by atoms with Crippen LogP contribution in [-0.4, -0.2) is 11.5 Å². The fourth-order valence-corrected chi connectivity index (χ4v) is 2.21. The average molecular weight is 161 g/mol. The first-order chi connectivity index (χ1) is 5.06. The van der Waals surface area contributed by atoms with Gasteiger partial charge in [-0.15, -0.1) is 0 Å². The lowest BCUT2D eigenvalue weighted by atomic mass is 9.96. The van der Waals surface area contributed by atoms with Gasteiger partial charge in [-0.3, -0.25) is 0 Å². The van der Waals surface area contributed by atoms with Gasteiger partial charge >= 0.3 is 0 Å². The normalized spacial score (nSPS) is 42.8. The Bertz CT molecular complexity index is 175. The lowest BCUT2D eigenvalue weighted by Crippen LogP contribution is -2.37. The number of hydrogen-bond acceptors (Lipinski definition) is 1.